The summed E-state index contributed by atoms with van der Waals surface area (Å²) in [4.78, 5) is 22.4. The Bertz CT molecular complexity index is 621. The zero-order valence-electron chi connectivity index (χ0n) is 13.8. The Labute approximate surface area is 137 Å². The summed E-state index contributed by atoms with van der Waals surface area (Å²) < 4.78 is 10.1. The molecule has 122 valence electrons. The van der Waals surface area contributed by atoms with E-state index in [4.69, 9.17) is 9.47 Å². The lowest BCUT2D eigenvalue weighted by molar-refractivity contribution is -0.138. The minimum absolute atomic E-state index is 0.266. The molecule has 0 aliphatic carbocycles. The second kappa shape index (κ2) is 9.41. The van der Waals surface area contributed by atoms with Crippen LogP contribution in [0.25, 0.3) is 5.57 Å². The fourth-order valence-electron chi connectivity index (χ4n) is 1.71. The third-order valence-corrected chi connectivity index (χ3v) is 3.00. The molecule has 1 rings (SSSR count). The van der Waals surface area contributed by atoms with Crippen LogP contribution < -0.4 is 4.74 Å². The van der Waals surface area contributed by atoms with Crippen molar-refractivity contribution in [1.29, 1.82) is 0 Å². The maximum absolute atomic E-state index is 11.3. The monoisotopic (exact) mass is 314 g/mol. The van der Waals surface area contributed by atoms with E-state index in [0.717, 1.165) is 11.1 Å². The van der Waals surface area contributed by atoms with Crippen molar-refractivity contribution in [3.63, 3.8) is 0 Å². The van der Waals surface area contributed by atoms with Gasteiger partial charge in [0, 0.05) is 12.8 Å². The fourth-order valence-corrected chi connectivity index (χ4v) is 1.71. The number of ether oxygens (including phenoxy) is 2. The van der Waals surface area contributed by atoms with Crippen LogP contribution in [0.4, 0.5) is 0 Å². The van der Waals surface area contributed by atoms with Gasteiger partial charge in [0.15, 0.2) is 0 Å². The number of esters is 2. The van der Waals surface area contributed by atoms with Crippen molar-refractivity contribution >= 4 is 17.5 Å². The molecule has 4 heteroatoms. The van der Waals surface area contributed by atoms with E-state index in [0.29, 0.717) is 24.4 Å². The van der Waals surface area contributed by atoms with Gasteiger partial charge < -0.3 is 9.47 Å². The smallest absolute Gasteiger partial charge is 0.310 e. The molecule has 0 saturated carbocycles. The summed E-state index contributed by atoms with van der Waals surface area (Å²) in [5.41, 5.74) is 1.89. The highest BCUT2D eigenvalue weighted by molar-refractivity contribution is 5.76. The molecule has 0 aliphatic rings. The first-order valence-electron chi connectivity index (χ1n) is 7.55. The highest BCUT2D eigenvalue weighted by Gasteiger charge is 2.03. The number of hydrogen-bond acceptors (Lipinski definition) is 4. The SMILES string of the molecule is C=C(/C=C\C(=C/C)c1ccc(OC(=O)CC)cc1)OC(=O)CC. The molecule has 0 aromatic heterocycles. The van der Waals surface area contributed by atoms with Gasteiger partial charge in [-0.25, -0.2) is 0 Å². The summed E-state index contributed by atoms with van der Waals surface area (Å²) in [6.07, 6.45) is 6.04. The molecule has 0 heterocycles. The van der Waals surface area contributed by atoms with Crippen molar-refractivity contribution in [1.82, 2.24) is 0 Å². The van der Waals surface area contributed by atoms with E-state index in [1.165, 1.54) is 0 Å². The molecule has 0 spiro atoms. The molecule has 0 amide bonds. The topological polar surface area (TPSA) is 52.6 Å². The van der Waals surface area contributed by atoms with E-state index in [1.807, 2.05) is 31.2 Å². The van der Waals surface area contributed by atoms with Crippen LogP contribution in [0.5, 0.6) is 5.75 Å². The molecular weight excluding hydrogens is 292 g/mol. The Hall–Kier alpha value is -2.62. The Morgan fingerprint density at radius 1 is 1.04 bits per heavy atom. The average molecular weight is 314 g/mol. The molecule has 0 fully saturated rings. The lowest BCUT2D eigenvalue weighted by Crippen LogP contribution is -2.05. The lowest BCUT2D eigenvalue weighted by atomic mass is 10.1. The molecule has 1 aromatic carbocycles. The second-order valence-corrected chi connectivity index (χ2v) is 4.72. The van der Waals surface area contributed by atoms with Crippen LogP contribution in [0.15, 0.2) is 54.8 Å². The number of allylic oxidation sites excluding steroid dienone is 4. The largest absolute Gasteiger partial charge is 0.427 e. The first-order valence-corrected chi connectivity index (χ1v) is 7.55. The van der Waals surface area contributed by atoms with Crippen molar-refractivity contribution in [2.75, 3.05) is 0 Å². The molecule has 0 radical (unpaired) electrons. The molecule has 23 heavy (non-hydrogen) atoms. The van der Waals surface area contributed by atoms with Crippen LogP contribution in [-0.2, 0) is 14.3 Å². The van der Waals surface area contributed by atoms with E-state index in [9.17, 15) is 9.59 Å². The summed E-state index contributed by atoms with van der Waals surface area (Å²) >= 11 is 0. The van der Waals surface area contributed by atoms with Crippen molar-refractivity contribution < 1.29 is 19.1 Å². The van der Waals surface area contributed by atoms with Crippen LogP contribution >= 0.6 is 0 Å². The normalized spacial score (nSPS) is 11.3. The summed E-state index contributed by atoms with van der Waals surface area (Å²) in [5.74, 6) is 0.229. The Morgan fingerprint density at radius 3 is 2.17 bits per heavy atom. The number of carbonyl (C=O) groups excluding carboxylic acids is 2. The quantitative estimate of drug-likeness (QED) is 0.323. The summed E-state index contributed by atoms with van der Waals surface area (Å²) in [6.45, 7) is 9.07. The third kappa shape index (κ3) is 6.34. The summed E-state index contributed by atoms with van der Waals surface area (Å²) in [6, 6.07) is 7.20. The average Bonchev–Trinajstić information content (AvgIpc) is 2.56. The molecular formula is C19H22O4. The van der Waals surface area contributed by atoms with Crippen LogP contribution in [0, 0.1) is 0 Å². The molecule has 4 nitrogen and oxygen atoms in total. The van der Waals surface area contributed by atoms with Crippen molar-refractivity contribution in [3.05, 3.63) is 60.4 Å². The molecule has 0 N–H and O–H groups in total. The highest BCUT2D eigenvalue weighted by atomic mass is 16.5. The van der Waals surface area contributed by atoms with Gasteiger partial charge in [-0.3, -0.25) is 9.59 Å². The van der Waals surface area contributed by atoms with Gasteiger partial charge in [0.1, 0.15) is 11.5 Å². The number of carbonyl (C=O) groups is 2. The van der Waals surface area contributed by atoms with E-state index in [-0.39, 0.29) is 11.9 Å². The van der Waals surface area contributed by atoms with Gasteiger partial charge >= 0.3 is 11.9 Å². The molecule has 1 aromatic rings. The second-order valence-electron chi connectivity index (χ2n) is 4.72. The van der Waals surface area contributed by atoms with E-state index in [2.05, 4.69) is 6.58 Å². The van der Waals surface area contributed by atoms with Gasteiger partial charge in [-0.1, -0.05) is 44.7 Å². The van der Waals surface area contributed by atoms with Crippen LogP contribution in [-0.4, -0.2) is 11.9 Å². The van der Waals surface area contributed by atoms with E-state index in [1.54, 1.807) is 32.1 Å². The summed E-state index contributed by atoms with van der Waals surface area (Å²) in [7, 11) is 0. The van der Waals surface area contributed by atoms with E-state index < -0.39 is 0 Å². The Balaban J connectivity index is 2.77. The predicted octanol–water partition coefficient (Wildman–Crippen LogP) is 4.43. The van der Waals surface area contributed by atoms with Gasteiger partial charge in [-0.05, 0) is 36.3 Å². The molecule has 0 atom stereocenters. The van der Waals surface area contributed by atoms with Crippen LogP contribution in [0.2, 0.25) is 0 Å². The molecule has 0 bridgehead atoms. The van der Waals surface area contributed by atoms with Crippen LogP contribution in [0.1, 0.15) is 39.2 Å². The minimum Gasteiger partial charge on any atom is -0.427 e. The fraction of sp³-hybridized carbons (Fsp3) is 0.263. The van der Waals surface area contributed by atoms with Gasteiger partial charge in [0.2, 0.25) is 0 Å². The van der Waals surface area contributed by atoms with E-state index >= 15 is 0 Å². The van der Waals surface area contributed by atoms with Gasteiger partial charge in [0.05, 0.1) is 0 Å². The summed E-state index contributed by atoms with van der Waals surface area (Å²) in [5, 5.41) is 0. The third-order valence-electron chi connectivity index (χ3n) is 3.00. The minimum atomic E-state index is -0.316. The predicted molar refractivity (Wildman–Crippen MR) is 90.7 cm³/mol. The Kier molecular flexibility index (Phi) is 7.54. The lowest BCUT2D eigenvalue weighted by Gasteiger charge is -2.06. The van der Waals surface area contributed by atoms with Gasteiger partial charge in [0.25, 0.3) is 0 Å². The van der Waals surface area contributed by atoms with Gasteiger partial charge in [-0.15, -0.1) is 0 Å². The molecule has 0 unspecified atom stereocenters. The van der Waals surface area contributed by atoms with Gasteiger partial charge in [-0.2, -0.15) is 0 Å². The molecule has 0 aliphatic heterocycles. The highest BCUT2D eigenvalue weighted by Crippen LogP contribution is 2.20. The van der Waals surface area contributed by atoms with Crippen LogP contribution in [0.3, 0.4) is 0 Å². The standard InChI is InChI=1S/C19H22O4/c1-5-15(9-8-14(4)22-18(20)6-2)16-10-12-17(13-11-16)23-19(21)7-3/h5,8-13H,4,6-7H2,1-3H3/b9-8-,15-5+. The zero-order valence-corrected chi connectivity index (χ0v) is 13.8. The van der Waals surface area contributed by atoms with Crippen molar-refractivity contribution in [2.24, 2.45) is 0 Å². The number of rotatable bonds is 7. The first-order chi connectivity index (χ1) is 11.0. The zero-order chi connectivity index (χ0) is 17.2. The Morgan fingerprint density at radius 2 is 1.65 bits per heavy atom. The molecule has 0 saturated heterocycles. The van der Waals surface area contributed by atoms with Crippen molar-refractivity contribution in [3.8, 4) is 5.75 Å². The first kappa shape index (κ1) is 18.4. The van der Waals surface area contributed by atoms with Crippen molar-refractivity contribution in [2.45, 2.75) is 33.6 Å². The number of benzene rings is 1. The number of hydrogen-bond donors (Lipinski definition) is 0. The maximum Gasteiger partial charge on any atom is 0.310 e. The maximum atomic E-state index is 11.3.